The average Bonchev–Trinajstić information content (AvgIpc) is 2.68. The normalized spacial score (nSPS) is 9.45. The van der Waals surface area contributed by atoms with E-state index in [0.717, 1.165) is 24.3 Å². The number of nitrogens with zero attached hydrogens (tertiary/aromatic N) is 2. The highest BCUT2D eigenvalue weighted by Gasteiger charge is 2.18. The van der Waals surface area contributed by atoms with E-state index in [1.165, 1.54) is 14.2 Å². The van der Waals surface area contributed by atoms with Gasteiger partial charge in [0.1, 0.15) is 18.2 Å². The first-order valence-corrected chi connectivity index (χ1v) is 8.24. The van der Waals surface area contributed by atoms with Crippen LogP contribution in [0.4, 0.5) is 20.2 Å². The highest BCUT2D eigenvalue weighted by atomic mass is 79.9. The van der Waals surface area contributed by atoms with Crippen molar-refractivity contribution in [2.45, 2.75) is 0 Å². The number of hydrogen-bond donors (Lipinski definition) is 1. The van der Waals surface area contributed by atoms with Crippen molar-refractivity contribution in [2.24, 2.45) is 0 Å². The number of ether oxygens (including phenoxy) is 2. The first kappa shape index (κ1) is 23.7. The van der Waals surface area contributed by atoms with Crippen LogP contribution in [-0.4, -0.2) is 35.8 Å². The van der Waals surface area contributed by atoms with Gasteiger partial charge in [-0.25, -0.2) is 8.78 Å². The highest BCUT2D eigenvalue weighted by molar-refractivity contribution is 9.10. The SMILES string of the molecule is COc1cc(F)c(Br)cc1[N+](=O)[O-].COc1cc(F)c(C#CCO)cc1[N+](=O)[O-]. The van der Waals surface area contributed by atoms with Crippen LogP contribution in [0.3, 0.4) is 0 Å². The molecule has 0 amide bonds. The van der Waals surface area contributed by atoms with E-state index in [9.17, 15) is 29.0 Å². The molecular weight excluding hydrogens is 462 g/mol. The second-order valence-corrected chi connectivity index (χ2v) is 5.77. The molecule has 0 unspecified atom stereocenters. The van der Waals surface area contributed by atoms with Gasteiger partial charge < -0.3 is 14.6 Å². The van der Waals surface area contributed by atoms with E-state index in [-0.39, 0.29) is 32.9 Å². The molecule has 0 saturated carbocycles. The molecule has 0 fully saturated rings. The fraction of sp³-hybridized carbons (Fsp3) is 0.176. The molecule has 29 heavy (non-hydrogen) atoms. The summed E-state index contributed by atoms with van der Waals surface area (Å²) in [6.45, 7) is -0.445. The van der Waals surface area contributed by atoms with E-state index in [1.807, 2.05) is 0 Å². The Labute approximate surface area is 171 Å². The Morgan fingerprint density at radius 3 is 1.93 bits per heavy atom. The second-order valence-electron chi connectivity index (χ2n) is 4.92. The molecule has 2 aromatic rings. The van der Waals surface area contributed by atoms with Crippen LogP contribution in [-0.2, 0) is 0 Å². The summed E-state index contributed by atoms with van der Waals surface area (Å²) in [5.41, 5.74) is -0.788. The molecule has 9 nitrogen and oxygen atoms in total. The molecule has 0 heterocycles. The maximum absolute atomic E-state index is 13.3. The summed E-state index contributed by atoms with van der Waals surface area (Å²) in [6, 6.07) is 3.88. The highest BCUT2D eigenvalue weighted by Crippen LogP contribution is 2.32. The molecule has 0 atom stereocenters. The maximum Gasteiger partial charge on any atom is 0.312 e. The molecule has 0 bridgehead atoms. The van der Waals surface area contributed by atoms with Gasteiger partial charge in [0.15, 0.2) is 11.5 Å². The van der Waals surface area contributed by atoms with Gasteiger partial charge in [0.25, 0.3) is 0 Å². The minimum Gasteiger partial charge on any atom is -0.490 e. The van der Waals surface area contributed by atoms with Crippen molar-refractivity contribution in [1.82, 2.24) is 0 Å². The fourth-order valence-corrected chi connectivity index (χ4v) is 2.24. The summed E-state index contributed by atoms with van der Waals surface area (Å²) in [7, 11) is 2.45. The maximum atomic E-state index is 13.3. The molecule has 0 saturated heterocycles. The molecule has 0 radical (unpaired) electrons. The molecule has 12 heteroatoms. The van der Waals surface area contributed by atoms with Crippen LogP contribution in [0.25, 0.3) is 0 Å². The number of rotatable bonds is 4. The Morgan fingerprint density at radius 2 is 1.48 bits per heavy atom. The number of benzene rings is 2. The number of hydrogen-bond acceptors (Lipinski definition) is 7. The molecule has 0 aromatic heterocycles. The zero-order valence-electron chi connectivity index (χ0n) is 14.9. The first-order valence-electron chi connectivity index (χ1n) is 7.45. The quantitative estimate of drug-likeness (QED) is 0.407. The third kappa shape index (κ3) is 6.37. The van der Waals surface area contributed by atoms with Gasteiger partial charge in [-0.2, -0.15) is 0 Å². The van der Waals surface area contributed by atoms with Crippen molar-refractivity contribution in [3.05, 3.63) is 66.2 Å². The van der Waals surface area contributed by atoms with E-state index in [2.05, 4.69) is 37.2 Å². The summed E-state index contributed by atoms with van der Waals surface area (Å²) in [6.07, 6.45) is 0. The lowest BCUT2D eigenvalue weighted by Gasteiger charge is -2.02. The third-order valence-corrected chi connectivity index (χ3v) is 3.79. The Bertz CT molecular complexity index is 990. The van der Waals surface area contributed by atoms with Crippen LogP contribution >= 0.6 is 15.9 Å². The van der Waals surface area contributed by atoms with Gasteiger partial charge in [0, 0.05) is 24.3 Å². The minimum atomic E-state index is -0.733. The van der Waals surface area contributed by atoms with E-state index in [4.69, 9.17) is 5.11 Å². The standard InChI is InChI=1S/C10H8FNO4.C7H5BrFNO3/c1-16-10-6-8(11)7(3-2-4-13)5-9(10)12(14)15;1-13-7-3-5(9)4(8)2-6(7)10(11)12/h5-6,13H,4H2,1H3;2-3H,1H3. The van der Waals surface area contributed by atoms with Gasteiger partial charge in [-0.05, 0) is 15.9 Å². The molecule has 154 valence electrons. The van der Waals surface area contributed by atoms with Gasteiger partial charge in [-0.3, -0.25) is 20.2 Å². The van der Waals surface area contributed by atoms with Crippen LogP contribution in [0, 0.1) is 43.7 Å². The van der Waals surface area contributed by atoms with Crippen LogP contribution in [0.2, 0.25) is 0 Å². The summed E-state index contributed by atoms with van der Waals surface area (Å²) >= 11 is 2.84. The van der Waals surface area contributed by atoms with Crippen LogP contribution in [0.1, 0.15) is 5.56 Å². The average molecular weight is 475 g/mol. The van der Waals surface area contributed by atoms with Crippen LogP contribution < -0.4 is 9.47 Å². The molecule has 0 aliphatic carbocycles. The number of methoxy groups -OCH3 is 2. The second kappa shape index (κ2) is 10.9. The third-order valence-electron chi connectivity index (χ3n) is 3.19. The monoisotopic (exact) mass is 474 g/mol. The van der Waals surface area contributed by atoms with Crippen LogP contribution in [0.5, 0.6) is 11.5 Å². The van der Waals surface area contributed by atoms with Gasteiger partial charge in [-0.1, -0.05) is 11.8 Å². The molecule has 2 rings (SSSR count). The number of aliphatic hydroxyl groups is 1. The van der Waals surface area contributed by atoms with Gasteiger partial charge in [0.05, 0.1) is 34.1 Å². The molecular formula is C17H13BrF2N2O7. The Morgan fingerprint density at radius 1 is 1.00 bits per heavy atom. The molecule has 0 aliphatic rings. The van der Waals surface area contributed by atoms with Crippen molar-refractivity contribution in [1.29, 1.82) is 0 Å². The molecule has 0 aliphatic heterocycles. The summed E-state index contributed by atoms with van der Waals surface area (Å²) in [5, 5.41) is 29.5. The topological polar surface area (TPSA) is 125 Å². The minimum absolute atomic E-state index is 0.0417. The van der Waals surface area contributed by atoms with Gasteiger partial charge >= 0.3 is 11.4 Å². The summed E-state index contributed by atoms with van der Waals surface area (Å²) in [4.78, 5) is 19.7. The predicted molar refractivity (Wildman–Crippen MR) is 101 cm³/mol. The van der Waals surface area contributed by atoms with Gasteiger partial charge in [0.2, 0.25) is 0 Å². The largest absolute Gasteiger partial charge is 0.490 e. The molecule has 1 N–H and O–H groups in total. The van der Waals surface area contributed by atoms with Crippen molar-refractivity contribution >= 4 is 27.3 Å². The van der Waals surface area contributed by atoms with E-state index in [0.29, 0.717) is 0 Å². The fourth-order valence-electron chi connectivity index (χ4n) is 1.90. The Kier molecular flexibility index (Phi) is 8.91. The first-order chi connectivity index (χ1) is 13.7. The van der Waals surface area contributed by atoms with E-state index >= 15 is 0 Å². The van der Waals surface area contributed by atoms with E-state index < -0.39 is 28.1 Å². The van der Waals surface area contributed by atoms with Crippen LogP contribution in [0.15, 0.2) is 28.7 Å². The number of nitro benzene ring substituents is 2. The van der Waals surface area contributed by atoms with Crippen molar-refractivity contribution in [3.8, 4) is 23.3 Å². The lowest BCUT2D eigenvalue weighted by Crippen LogP contribution is -1.96. The number of nitro groups is 2. The molecule has 0 spiro atoms. The van der Waals surface area contributed by atoms with Gasteiger partial charge in [-0.15, -0.1) is 0 Å². The number of aliphatic hydroxyl groups excluding tert-OH is 1. The smallest absolute Gasteiger partial charge is 0.312 e. The lowest BCUT2D eigenvalue weighted by atomic mass is 10.2. The van der Waals surface area contributed by atoms with Crippen molar-refractivity contribution in [3.63, 3.8) is 0 Å². The Balaban J connectivity index is 0.000000296. The molecule has 2 aromatic carbocycles. The zero-order chi connectivity index (χ0) is 22.1. The lowest BCUT2D eigenvalue weighted by molar-refractivity contribution is -0.386. The van der Waals surface area contributed by atoms with Crippen molar-refractivity contribution in [2.75, 3.05) is 20.8 Å². The van der Waals surface area contributed by atoms with E-state index in [1.54, 1.807) is 0 Å². The summed E-state index contributed by atoms with van der Waals surface area (Å²) in [5.74, 6) is 2.90. The van der Waals surface area contributed by atoms with Crippen molar-refractivity contribution < 1.29 is 33.2 Å². The Hall–Kier alpha value is -3.30. The zero-order valence-corrected chi connectivity index (χ0v) is 16.5. The number of halogens is 3. The summed E-state index contributed by atoms with van der Waals surface area (Å²) < 4.78 is 35.5. The predicted octanol–water partition coefficient (Wildman–Crippen LogP) is 3.59.